The molecule has 120 valence electrons. The van der Waals surface area contributed by atoms with E-state index in [1.165, 1.54) is 19.3 Å². The molecule has 0 amide bonds. The number of carbonyl (C=O) groups is 1. The summed E-state index contributed by atoms with van der Waals surface area (Å²) in [5.74, 6) is 0.314. The molecule has 0 saturated heterocycles. The maximum atomic E-state index is 12.4. The number of esters is 1. The molecule has 2 unspecified atom stereocenters. The third-order valence-electron chi connectivity index (χ3n) is 5.35. The van der Waals surface area contributed by atoms with Crippen molar-refractivity contribution < 1.29 is 22.5 Å². The van der Waals surface area contributed by atoms with Gasteiger partial charge in [0.15, 0.2) is 0 Å². The molecule has 4 aliphatic carbocycles. The summed E-state index contributed by atoms with van der Waals surface area (Å²) in [4.78, 5) is 12.4. The van der Waals surface area contributed by atoms with Crippen molar-refractivity contribution in [1.29, 1.82) is 0 Å². The van der Waals surface area contributed by atoms with E-state index in [4.69, 9.17) is 4.74 Å². The molecule has 0 aromatic rings. The van der Waals surface area contributed by atoms with Crippen LogP contribution in [-0.4, -0.2) is 31.3 Å². The van der Waals surface area contributed by atoms with Gasteiger partial charge in [0.05, 0.1) is 21.3 Å². The molecular formula is C15H24O5S. The van der Waals surface area contributed by atoms with Crippen LogP contribution in [0.2, 0.25) is 0 Å². The second-order valence-corrected chi connectivity index (χ2v) is 8.97. The van der Waals surface area contributed by atoms with Crippen LogP contribution in [0.1, 0.15) is 45.4 Å². The first-order valence-corrected chi connectivity index (χ1v) is 8.88. The minimum atomic E-state index is -4.32. The molecule has 0 heterocycles. The predicted molar refractivity (Wildman–Crippen MR) is 77.2 cm³/mol. The number of ether oxygens (including phenoxy) is 1. The van der Waals surface area contributed by atoms with Crippen LogP contribution in [0.3, 0.4) is 0 Å². The average Bonchev–Trinajstić information content (AvgIpc) is 2.23. The van der Waals surface area contributed by atoms with Crippen LogP contribution < -0.4 is 0 Å². The SMILES string of the molecule is CC12CC3CC(C1)CC(C(=O)OCCS(=O)(=O)[O-])(C3)C2.[CH3+]. The van der Waals surface area contributed by atoms with Crippen LogP contribution in [-0.2, 0) is 19.6 Å². The summed E-state index contributed by atoms with van der Waals surface area (Å²) in [5.41, 5.74) is -0.167. The highest BCUT2D eigenvalue weighted by molar-refractivity contribution is 7.85. The highest BCUT2D eigenvalue weighted by Gasteiger charge is 2.59. The Balaban J connectivity index is 0.00000161. The zero-order chi connectivity index (χ0) is 14.6. The number of carbonyl (C=O) groups excluding carboxylic acids is 1. The van der Waals surface area contributed by atoms with Crippen LogP contribution >= 0.6 is 0 Å². The number of hydrogen-bond donors (Lipinski definition) is 0. The molecule has 4 fully saturated rings. The van der Waals surface area contributed by atoms with Gasteiger partial charge < -0.3 is 9.29 Å². The van der Waals surface area contributed by atoms with Crippen molar-refractivity contribution in [1.82, 2.24) is 0 Å². The van der Waals surface area contributed by atoms with Crippen molar-refractivity contribution in [3.8, 4) is 0 Å². The Bertz CT molecular complexity index is 510. The van der Waals surface area contributed by atoms with Crippen LogP contribution in [0, 0.1) is 30.1 Å². The van der Waals surface area contributed by atoms with Gasteiger partial charge in [-0.25, -0.2) is 8.42 Å². The zero-order valence-electron chi connectivity index (χ0n) is 12.8. The molecule has 6 heteroatoms. The minimum absolute atomic E-state index is 0. The van der Waals surface area contributed by atoms with Crippen molar-refractivity contribution >= 4 is 16.1 Å². The van der Waals surface area contributed by atoms with Gasteiger partial charge in [0.25, 0.3) is 0 Å². The van der Waals surface area contributed by atoms with E-state index >= 15 is 0 Å². The molecule has 4 bridgehead atoms. The van der Waals surface area contributed by atoms with Gasteiger partial charge in [-0.3, -0.25) is 4.79 Å². The Morgan fingerprint density at radius 2 is 1.81 bits per heavy atom. The monoisotopic (exact) mass is 316 g/mol. The lowest BCUT2D eigenvalue weighted by Gasteiger charge is -2.59. The lowest BCUT2D eigenvalue weighted by atomic mass is 9.44. The van der Waals surface area contributed by atoms with Gasteiger partial charge >= 0.3 is 5.97 Å². The highest BCUT2D eigenvalue weighted by atomic mass is 32.2. The first-order chi connectivity index (χ1) is 9.20. The third kappa shape index (κ3) is 3.21. The normalized spacial score (nSPS) is 40.7. The van der Waals surface area contributed by atoms with Crippen molar-refractivity contribution in [3.05, 3.63) is 7.43 Å². The molecular weight excluding hydrogens is 292 g/mol. The Morgan fingerprint density at radius 3 is 2.29 bits per heavy atom. The second-order valence-electron chi connectivity index (χ2n) is 7.45. The summed E-state index contributed by atoms with van der Waals surface area (Å²) in [6.07, 6.45) is 6.24. The van der Waals surface area contributed by atoms with Gasteiger partial charge in [-0.1, -0.05) is 6.92 Å². The van der Waals surface area contributed by atoms with E-state index in [1.54, 1.807) is 0 Å². The molecule has 0 radical (unpaired) electrons. The van der Waals surface area contributed by atoms with Crippen LogP contribution in [0.5, 0.6) is 0 Å². The minimum Gasteiger partial charge on any atom is -0.748 e. The quantitative estimate of drug-likeness (QED) is 0.451. The summed E-state index contributed by atoms with van der Waals surface area (Å²) >= 11 is 0. The van der Waals surface area contributed by atoms with Gasteiger partial charge in [0.1, 0.15) is 6.61 Å². The van der Waals surface area contributed by atoms with Crippen molar-refractivity contribution in [2.75, 3.05) is 12.4 Å². The van der Waals surface area contributed by atoms with Gasteiger partial charge in [0.2, 0.25) is 0 Å². The van der Waals surface area contributed by atoms with E-state index in [1.807, 2.05) is 0 Å². The van der Waals surface area contributed by atoms with Gasteiger partial charge in [-0.05, 0) is 55.8 Å². The predicted octanol–water partition coefficient (Wildman–Crippen LogP) is 2.13. The van der Waals surface area contributed by atoms with Crippen molar-refractivity contribution in [2.45, 2.75) is 45.4 Å². The van der Waals surface area contributed by atoms with E-state index in [-0.39, 0.29) is 25.4 Å². The first kappa shape index (κ1) is 16.6. The molecule has 4 aliphatic rings. The second kappa shape index (κ2) is 5.16. The molecule has 21 heavy (non-hydrogen) atoms. The van der Waals surface area contributed by atoms with Crippen LogP contribution in [0.4, 0.5) is 0 Å². The average molecular weight is 316 g/mol. The summed E-state index contributed by atoms with van der Waals surface area (Å²) < 4.78 is 36.8. The fourth-order valence-corrected chi connectivity index (χ4v) is 5.64. The molecule has 4 rings (SSSR count). The topological polar surface area (TPSA) is 83.5 Å². The van der Waals surface area contributed by atoms with E-state index in [9.17, 15) is 17.8 Å². The Kier molecular flexibility index (Phi) is 4.08. The largest absolute Gasteiger partial charge is 0.748 e. The maximum Gasteiger partial charge on any atom is 0.312 e. The summed E-state index contributed by atoms with van der Waals surface area (Å²) in [7, 11) is -4.32. The fourth-order valence-electron chi connectivity index (χ4n) is 5.35. The van der Waals surface area contributed by atoms with Gasteiger partial charge in [-0.15, -0.1) is 0 Å². The molecule has 5 nitrogen and oxygen atoms in total. The number of hydrogen-bond acceptors (Lipinski definition) is 5. The Labute approximate surface area is 127 Å². The Hall–Kier alpha value is -0.750. The lowest BCUT2D eigenvalue weighted by Crippen LogP contribution is -2.54. The molecule has 4 saturated carbocycles. The van der Waals surface area contributed by atoms with Crippen molar-refractivity contribution in [2.24, 2.45) is 22.7 Å². The number of rotatable bonds is 4. The summed E-state index contributed by atoms with van der Waals surface area (Å²) in [6, 6.07) is 0. The lowest BCUT2D eigenvalue weighted by molar-refractivity contribution is -0.178. The molecule has 0 N–H and O–H groups in total. The molecule has 0 spiro atoms. The maximum absolute atomic E-state index is 12.4. The molecule has 0 aromatic carbocycles. The smallest absolute Gasteiger partial charge is 0.312 e. The molecule has 2 atom stereocenters. The van der Waals surface area contributed by atoms with E-state index < -0.39 is 21.3 Å². The van der Waals surface area contributed by atoms with Gasteiger partial charge in [0, 0.05) is 7.43 Å². The van der Waals surface area contributed by atoms with Gasteiger partial charge in [-0.2, -0.15) is 0 Å². The van der Waals surface area contributed by atoms with E-state index in [0.29, 0.717) is 11.8 Å². The third-order valence-corrected chi connectivity index (χ3v) is 6.02. The summed E-state index contributed by atoms with van der Waals surface area (Å²) in [5, 5.41) is 0. The van der Waals surface area contributed by atoms with Crippen LogP contribution in [0.15, 0.2) is 0 Å². The molecule has 0 aliphatic heterocycles. The van der Waals surface area contributed by atoms with E-state index in [0.717, 1.165) is 19.3 Å². The first-order valence-electron chi connectivity index (χ1n) is 7.31. The Morgan fingerprint density at radius 1 is 1.24 bits per heavy atom. The fraction of sp³-hybridized carbons (Fsp3) is 0.867. The highest BCUT2D eigenvalue weighted by Crippen LogP contribution is 2.65. The summed E-state index contributed by atoms with van der Waals surface area (Å²) in [6.45, 7) is 1.95. The van der Waals surface area contributed by atoms with Crippen LogP contribution in [0.25, 0.3) is 0 Å². The zero-order valence-corrected chi connectivity index (χ0v) is 13.6. The van der Waals surface area contributed by atoms with E-state index in [2.05, 4.69) is 6.92 Å². The van der Waals surface area contributed by atoms with Crippen molar-refractivity contribution in [3.63, 3.8) is 0 Å². The molecule has 0 aromatic heterocycles. The standard InChI is InChI=1S/C14H22O5S.CH3/c1-13-5-10-4-11(6-13)8-14(7-10,9-13)12(15)19-2-3-20(16,17)18;/h10-11H,2-9H2,1H3,(H,16,17,18);1H3/q;+1/p-1.